The number of halogens is 1. The number of rotatable bonds is 5. The largest absolute Gasteiger partial charge is 0.495 e. The fourth-order valence-corrected chi connectivity index (χ4v) is 3.77. The minimum Gasteiger partial charge on any atom is -0.495 e. The molecule has 7 nitrogen and oxygen atoms in total. The van der Waals surface area contributed by atoms with Crippen LogP contribution in [0.3, 0.4) is 0 Å². The van der Waals surface area contributed by atoms with Crippen LogP contribution in [0.25, 0.3) is 10.9 Å². The molecule has 1 aromatic heterocycles. The highest BCUT2D eigenvalue weighted by Gasteiger charge is 2.33. The molecule has 0 spiro atoms. The van der Waals surface area contributed by atoms with E-state index in [-0.39, 0.29) is 30.0 Å². The second kappa shape index (κ2) is 7.09. The number of carbonyl (C=O) groups is 2. The van der Waals surface area contributed by atoms with Crippen molar-refractivity contribution in [3.8, 4) is 5.75 Å². The second-order valence-corrected chi connectivity index (χ2v) is 6.54. The first-order chi connectivity index (χ1) is 12.4. The zero-order valence-electron chi connectivity index (χ0n) is 14.7. The molecule has 0 radical (unpaired) electrons. The monoisotopic (exact) mass is 378 g/mol. The summed E-state index contributed by atoms with van der Waals surface area (Å²) < 4.78 is 10.3. The quantitative estimate of drug-likeness (QED) is 0.860. The first-order valence-corrected chi connectivity index (χ1v) is 8.43. The number of aromatic nitrogens is 1. The van der Waals surface area contributed by atoms with E-state index in [0.29, 0.717) is 23.4 Å². The van der Waals surface area contributed by atoms with Gasteiger partial charge in [0.05, 0.1) is 30.1 Å². The van der Waals surface area contributed by atoms with Gasteiger partial charge in [-0.15, -0.1) is 0 Å². The van der Waals surface area contributed by atoms with Crippen LogP contribution in [0.5, 0.6) is 5.75 Å². The van der Waals surface area contributed by atoms with Crippen LogP contribution in [0.1, 0.15) is 29.7 Å². The Bertz CT molecular complexity index is 899. The van der Waals surface area contributed by atoms with E-state index in [1.807, 2.05) is 6.92 Å². The van der Waals surface area contributed by atoms with Crippen LogP contribution in [0.4, 0.5) is 0 Å². The van der Waals surface area contributed by atoms with Crippen molar-refractivity contribution in [3.63, 3.8) is 0 Å². The van der Waals surface area contributed by atoms with Crippen molar-refractivity contribution < 1.29 is 24.2 Å². The number of aliphatic carboxylic acids is 1. The molecule has 2 heterocycles. The summed E-state index contributed by atoms with van der Waals surface area (Å²) in [6.07, 6.45) is 1.42. The van der Waals surface area contributed by atoms with Gasteiger partial charge in [0, 0.05) is 30.8 Å². The molecule has 3 rings (SSSR count). The number of ether oxygens (including phenoxy) is 2. The van der Waals surface area contributed by atoms with Gasteiger partial charge in [0.1, 0.15) is 12.4 Å². The minimum atomic E-state index is -1.01. The van der Waals surface area contributed by atoms with Crippen molar-refractivity contribution in [3.05, 3.63) is 34.0 Å². The highest BCUT2D eigenvalue weighted by molar-refractivity contribution is 6.34. The number of carboxylic acids is 1. The van der Waals surface area contributed by atoms with E-state index in [1.165, 1.54) is 14.2 Å². The molecule has 26 heavy (non-hydrogen) atoms. The van der Waals surface area contributed by atoms with Crippen LogP contribution in [0.15, 0.2) is 12.3 Å². The zero-order valence-corrected chi connectivity index (χ0v) is 15.5. The molecule has 1 aliphatic heterocycles. The number of methoxy groups -OCH3 is 2. The van der Waals surface area contributed by atoms with Gasteiger partial charge in [0.15, 0.2) is 0 Å². The number of hydrogen-bond acceptors (Lipinski definition) is 5. The van der Waals surface area contributed by atoms with Crippen LogP contribution in [0, 0.1) is 0 Å². The molecule has 0 aliphatic carbocycles. The number of hydrogen-bond donors (Lipinski definition) is 1. The standard InChI is InChI=1S/C18H19ClN2O5/c1-9-16-10(7-21(9)14(22)8-25-2)6-20-18-11(16)4-13(26-3)17(19)12(18)5-15(23)24/h4,6,9H,5,7-8H2,1-3H3,(H,23,24)/t9-/m0/s1. The van der Waals surface area contributed by atoms with E-state index in [2.05, 4.69) is 4.98 Å². The SMILES string of the molecule is COCC(=O)N1Cc2cnc3c(CC(=O)O)c(Cl)c(OC)cc3c2[C@@H]1C. The number of fused-ring (bicyclic) bond motifs is 3. The predicted molar refractivity (Wildman–Crippen MR) is 95.5 cm³/mol. The second-order valence-electron chi connectivity index (χ2n) is 6.17. The molecule has 1 N–H and O–H groups in total. The Balaban J connectivity index is 2.20. The number of nitrogens with zero attached hydrogens (tertiary/aromatic N) is 2. The molecule has 0 saturated carbocycles. The number of carboxylic acid groups (broad SMARTS) is 1. The van der Waals surface area contributed by atoms with Crippen molar-refractivity contribution in [1.29, 1.82) is 0 Å². The number of benzene rings is 1. The first kappa shape index (κ1) is 18.4. The van der Waals surface area contributed by atoms with Gasteiger partial charge in [0.25, 0.3) is 0 Å². The predicted octanol–water partition coefficient (Wildman–Crippen LogP) is 2.57. The van der Waals surface area contributed by atoms with Gasteiger partial charge in [-0.05, 0) is 24.1 Å². The molecular formula is C18H19ClN2O5. The highest BCUT2D eigenvalue weighted by atomic mass is 35.5. The van der Waals surface area contributed by atoms with E-state index in [9.17, 15) is 14.7 Å². The molecule has 0 bridgehead atoms. The summed E-state index contributed by atoms with van der Waals surface area (Å²) in [4.78, 5) is 29.7. The summed E-state index contributed by atoms with van der Waals surface area (Å²) in [6, 6.07) is 1.57. The van der Waals surface area contributed by atoms with Crippen molar-refractivity contribution in [2.45, 2.75) is 25.9 Å². The van der Waals surface area contributed by atoms with Crippen LogP contribution in [-0.2, 0) is 27.3 Å². The van der Waals surface area contributed by atoms with Crippen LogP contribution in [0.2, 0.25) is 5.02 Å². The summed E-state index contributed by atoms with van der Waals surface area (Å²) in [7, 11) is 2.96. The van der Waals surface area contributed by atoms with E-state index >= 15 is 0 Å². The average molecular weight is 379 g/mol. The van der Waals surface area contributed by atoms with Gasteiger partial charge in [0.2, 0.25) is 5.91 Å². The molecule has 1 aromatic carbocycles. The van der Waals surface area contributed by atoms with Gasteiger partial charge in [-0.1, -0.05) is 11.6 Å². The maximum Gasteiger partial charge on any atom is 0.307 e. The lowest BCUT2D eigenvalue weighted by Crippen LogP contribution is -2.31. The van der Waals surface area contributed by atoms with Gasteiger partial charge in [-0.2, -0.15) is 0 Å². The van der Waals surface area contributed by atoms with Crippen molar-refractivity contribution in [1.82, 2.24) is 9.88 Å². The first-order valence-electron chi connectivity index (χ1n) is 8.06. The Morgan fingerprint density at radius 2 is 2.15 bits per heavy atom. The molecule has 0 unspecified atom stereocenters. The highest BCUT2D eigenvalue weighted by Crippen LogP contribution is 2.42. The van der Waals surface area contributed by atoms with Crippen molar-refractivity contribution in [2.24, 2.45) is 0 Å². The summed E-state index contributed by atoms with van der Waals surface area (Å²) in [5.74, 6) is -0.732. The van der Waals surface area contributed by atoms with Gasteiger partial charge < -0.3 is 19.5 Å². The Labute approximate surface area is 155 Å². The summed E-state index contributed by atoms with van der Waals surface area (Å²) >= 11 is 6.33. The normalized spacial score (nSPS) is 16.0. The van der Waals surface area contributed by atoms with E-state index in [0.717, 1.165) is 16.5 Å². The molecule has 1 atom stereocenters. The lowest BCUT2D eigenvalue weighted by molar-refractivity contribution is -0.137. The molecular weight excluding hydrogens is 360 g/mol. The Morgan fingerprint density at radius 1 is 1.42 bits per heavy atom. The van der Waals surface area contributed by atoms with Crippen LogP contribution < -0.4 is 4.74 Å². The van der Waals surface area contributed by atoms with Crippen LogP contribution in [-0.4, -0.2) is 47.7 Å². The van der Waals surface area contributed by atoms with E-state index in [1.54, 1.807) is 17.2 Å². The van der Waals surface area contributed by atoms with Crippen LogP contribution >= 0.6 is 11.6 Å². The number of pyridine rings is 1. The van der Waals surface area contributed by atoms with Crippen molar-refractivity contribution in [2.75, 3.05) is 20.8 Å². The molecule has 2 aromatic rings. The zero-order chi connectivity index (χ0) is 19.0. The summed E-state index contributed by atoms with van der Waals surface area (Å²) in [5.41, 5.74) is 2.77. The maximum absolute atomic E-state index is 12.3. The fourth-order valence-electron chi connectivity index (χ4n) is 3.48. The average Bonchev–Trinajstić information content (AvgIpc) is 2.94. The molecule has 138 valence electrons. The third-order valence-electron chi connectivity index (χ3n) is 4.65. The fraction of sp³-hybridized carbons (Fsp3) is 0.389. The minimum absolute atomic E-state index is 0.00308. The third kappa shape index (κ3) is 2.97. The Hall–Kier alpha value is -2.38. The maximum atomic E-state index is 12.3. The molecule has 1 aliphatic rings. The van der Waals surface area contributed by atoms with E-state index < -0.39 is 5.97 Å². The smallest absolute Gasteiger partial charge is 0.307 e. The van der Waals surface area contributed by atoms with Gasteiger partial charge in [-0.3, -0.25) is 14.6 Å². The lowest BCUT2D eigenvalue weighted by Gasteiger charge is -2.22. The summed E-state index contributed by atoms with van der Waals surface area (Å²) in [5, 5.41) is 10.2. The molecule has 1 amide bonds. The molecule has 0 fully saturated rings. The molecule has 0 saturated heterocycles. The number of amides is 1. The van der Waals surface area contributed by atoms with Gasteiger partial charge >= 0.3 is 5.97 Å². The van der Waals surface area contributed by atoms with E-state index in [4.69, 9.17) is 21.1 Å². The topological polar surface area (TPSA) is 89.0 Å². The molecule has 8 heteroatoms. The van der Waals surface area contributed by atoms with Crippen molar-refractivity contribution >= 4 is 34.4 Å². The third-order valence-corrected chi connectivity index (χ3v) is 5.06. The number of carbonyl (C=O) groups excluding carboxylic acids is 1. The Morgan fingerprint density at radius 3 is 2.77 bits per heavy atom. The van der Waals surface area contributed by atoms with Gasteiger partial charge in [-0.25, -0.2) is 0 Å². The summed E-state index contributed by atoms with van der Waals surface area (Å²) in [6.45, 7) is 2.36. The lowest BCUT2D eigenvalue weighted by atomic mass is 9.97. The Kier molecular flexibility index (Phi) is 5.02.